The highest BCUT2D eigenvalue weighted by molar-refractivity contribution is 5.96. The van der Waals surface area contributed by atoms with Crippen molar-refractivity contribution in [2.24, 2.45) is 14.1 Å². The van der Waals surface area contributed by atoms with Crippen LogP contribution in [0.15, 0.2) is 18.3 Å². The maximum Gasteiger partial charge on any atom is 0.258 e. The fourth-order valence-corrected chi connectivity index (χ4v) is 5.05. The van der Waals surface area contributed by atoms with Gasteiger partial charge in [-0.05, 0) is 44.7 Å². The summed E-state index contributed by atoms with van der Waals surface area (Å²) in [7, 11) is 3.50. The van der Waals surface area contributed by atoms with Crippen molar-refractivity contribution in [3.05, 3.63) is 58.3 Å². The topological polar surface area (TPSA) is 56.0 Å². The lowest BCUT2D eigenvalue weighted by molar-refractivity contribution is 0.0391. The van der Waals surface area contributed by atoms with E-state index in [1.165, 1.54) is 0 Å². The molecule has 0 aliphatic carbocycles. The van der Waals surface area contributed by atoms with Crippen molar-refractivity contribution >= 4 is 5.91 Å². The number of benzene rings is 1. The van der Waals surface area contributed by atoms with Crippen LogP contribution in [0, 0.1) is 24.4 Å². The summed E-state index contributed by atoms with van der Waals surface area (Å²) in [5, 5.41) is 8.85. The van der Waals surface area contributed by atoms with Gasteiger partial charge in [-0.2, -0.15) is 10.2 Å². The lowest BCUT2D eigenvalue weighted by Gasteiger charge is -2.45. The average molecular weight is 429 g/mol. The number of nitrogens with zero attached hydrogens (tertiary/aromatic N) is 5. The molecule has 2 atom stereocenters. The molecule has 2 aliphatic heterocycles. The Morgan fingerprint density at radius 1 is 1.10 bits per heavy atom. The van der Waals surface area contributed by atoms with Crippen LogP contribution in [0.4, 0.5) is 13.2 Å². The molecule has 162 valence electrons. The molecule has 9 heteroatoms. The molecule has 0 N–H and O–H groups in total. The zero-order valence-corrected chi connectivity index (χ0v) is 17.5. The largest absolute Gasteiger partial charge is 0.327 e. The molecule has 5 rings (SSSR count). The number of carbonyl (C=O) groups is 1. The van der Waals surface area contributed by atoms with Gasteiger partial charge in [0.05, 0.1) is 29.2 Å². The number of aryl methyl sites for hydroxylation is 2. The van der Waals surface area contributed by atoms with E-state index in [0.717, 1.165) is 48.3 Å². The summed E-state index contributed by atoms with van der Waals surface area (Å²) in [5.74, 6) is -4.02. The van der Waals surface area contributed by atoms with Crippen molar-refractivity contribution < 1.29 is 18.0 Å². The van der Waals surface area contributed by atoms with Crippen LogP contribution in [0.25, 0.3) is 11.3 Å². The Morgan fingerprint density at radius 2 is 1.81 bits per heavy atom. The zero-order chi connectivity index (χ0) is 22.0. The van der Waals surface area contributed by atoms with Gasteiger partial charge in [0.15, 0.2) is 17.5 Å². The molecule has 0 saturated carbocycles. The Morgan fingerprint density at radius 3 is 2.45 bits per heavy atom. The van der Waals surface area contributed by atoms with Crippen LogP contribution in [-0.4, -0.2) is 36.4 Å². The smallest absolute Gasteiger partial charge is 0.258 e. The van der Waals surface area contributed by atoms with Gasteiger partial charge in [-0.25, -0.2) is 13.2 Å². The summed E-state index contributed by atoms with van der Waals surface area (Å²) in [4.78, 5) is 15.3. The highest BCUT2D eigenvalue weighted by atomic mass is 19.2. The second kappa shape index (κ2) is 6.96. The first-order valence-electron chi connectivity index (χ1n) is 10.3. The average Bonchev–Trinajstić information content (AvgIpc) is 3.23. The number of carbonyl (C=O) groups excluding carboxylic acids is 1. The van der Waals surface area contributed by atoms with Crippen LogP contribution in [-0.2, 0) is 20.5 Å². The Bertz CT molecular complexity index is 1190. The molecule has 31 heavy (non-hydrogen) atoms. The molecule has 4 heterocycles. The number of hydrogen-bond donors (Lipinski definition) is 0. The van der Waals surface area contributed by atoms with Crippen molar-refractivity contribution in [2.75, 3.05) is 0 Å². The van der Waals surface area contributed by atoms with Gasteiger partial charge in [-0.15, -0.1) is 0 Å². The fourth-order valence-electron chi connectivity index (χ4n) is 5.05. The van der Waals surface area contributed by atoms with E-state index >= 15 is 0 Å². The van der Waals surface area contributed by atoms with Crippen LogP contribution in [0.3, 0.4) is 0 Å². The van der Waals surface area contributed by atoms with Crippen LogP contribution in [0.1, 0.15) is 52.6 Å². The summed E-state index contributed by atoms with van der Waals surface area (Å²) in [6.07, 6.45) is 4.69. The number of halogens is 3. The standard InChI is InChI=1S/C22H22F3N5O/c1-11-15(10-26-28(11)2)22(31)30-13-5-4-6-18(30)20-14(9-13)21(29(3)27-20)12-7-16(23)19(25)17(24)8-12/h7-8,10,13,18H,4-6,9H2,1-3H3/t13-,18+/m1/s1. The van der Waals surface area contributed by atoms with Gasteiger partial charge in [0.25, 0.3) is 5.91 Å². The van der Waals surface area contributed by atoms with Gasteiger partial charge in [-0.3, -0.25) is 14.2 Å². The second-order valence-electron chi connectivity index (χ2n) is 8.37. The molecule has 2 aromatic heterocycles. The maximum atomic E-state index is 13.9. The van der Waals surface area contributed by atoms with Crippen LogP contribution in [0.5, 0.6) is 0 Å². The van der Waals surface area contributed by atoms with Crippen molar-refractivity contribution in [3.63, 3.8) is 0 Å². The van der Waals surface area contributed by atoms with E-state index in [4.69, 9.17) is 0 Å². The number of fused-ring (bicyclic) bond motifs is 4. The third-order valence-corrected chi connectivity index (χ3v) is 6.63. The summed E-state index contributed by atoms with van der Waals surface area (Å²) in [6.45, 7) is 1.86. The summed E-state index contributed by atoms with van der Waals surface area (Å²) in [5.41, 5.74) is 3.79. The highest BCUT2D eigenvalue weighted by Gasteiger charge is 2.44. The van der Waals surface area contributed by atoms with Crippen molar-refractivity contribution in [2.45, 2.75) is 44.7 Å². The third-order valence-electron chi connectivity index (χ3n) is 6.63. The molecule has 2 bridgehead atoms. The quantitative estimate of drug-likeness (QED) is 0.582. The van der Waals surface area contributed by atoms with Crippen molar-refractivity contribution in [1.29, 1.82) is 0 Å². The molecule has 2 aliphatic rings. The minimum Gasteiger partial charge on any atom is -0.327 e. The second-order valence-corrected chi connectivity index (χ2v) is 8.37. The van der Waals surface area contributed by atoms with Crippen LogP contribution >= 0.6 is 0 Å². The Labute approximate surface area is 177 Å². The molecule has 1 saturated heterocycles. The Balaban J connectivity index is 1.60. The molecule has 0 unspecified atom stereocenters. The minimum atomic E-state index is -1.49. The number of amides is 1. The molecule has 0 radical (unpaired) electrons. The lowest BCUT2D eigenvalue weighted by Crippen LogP contribution is -2.50. The lowest BCUT2D eigenvalue weighted by atomic mass is 9.81. The van der Waals surface area contributed by atoms with Gasteiger partial charge in [0.1, 0.15) is 0 Å². The summed E-state index contributed by atoms with van der Waals surface area (Å²) in [6, 6.07) is 1.74. The highest BCUT2D eigenvalue weighted by Crippen LogP contribution is 2.45. The summed E-state index contributed by atoms with van der Waals surface area (Å²) < 4.78 is 44.6. The first kappa shape index (κ1) is 19.8. The van der Waals surface area contributed by atoms with E-state index in [1.54, 1.807) is 29.7 Å². The predicted molar refractivity (Wildman–Crippen MR) is 107 cm³/mol. The number of rotatable bonds is 2. The number of piperidine rings is 1. The first-order chi connectivity index (χ1) is 14.8. The van der Waals surface area contributed by atoms with E-state index < -0.39 is 17.5 Å². The number of hydrogen-bond acceptors (Lipinski definition) is 3. The Hall–Kier alpha value is -3.10. The molecule has 1 aromatic carbocycles. The Kier molecular flexibility index (Phi) is 4.46. The molecule has 1 amide bonds. The van der Waals surface area contributed by atoms with E-state index in [2.05, 4.69) is 10.2 Å². The van der Waals surface area contributed by atoms with Gasteiger partial charge in [0, 0.05) is 37.0 Å². The molecule has 0 spiro atoms. The van der Waals surface area contributed by atoms with Gasteiger partial charge < -0.3 is 4.90 Å². The van der Waals surface area contributed by atoms with Crippen molar-refractivity contribution in [1.82, 2.24) is 24.5 Å². The minimum absolute atomic E-state index is 0.0450. The molecule has 3 aromatic rings. The van der Waals surface area contributed by atoms with Crippen LogP contribution in [0.2, 0.25) is 0 Å². The molecular weight excluding hydrogens is 407 g/mol. The SMILES string of the molecule is Cc1c(C(=O)N2[C@@H]3CCC[C@H]2c2nn(C)c(-c4cc(F)c(F)c(F)c4)c2C3)cnn1C. The molecular formula is C22H22F3N5O. The third kappa shape index (κ3) is 2.90. The van der Waals surface area contributed by atoms with E-state index in [0.29, 0.717) is 17.7 Å². The fraction of sp³-hybridized carbons (Fsp3) is 0.409. The number of aromatic nitrogens is 4. The van der Waals surface area contributed by atoms with Crippen molar-refractivity contribution in [3.8, 4) is 11.3 Å². The van der Waals surface area contributed by atoms with E-state index in [-0.39, 0.29) is 23.6 Å². The van der Waals surface area contributed by atoms with E-state index in [1.807, 2.05) is 11.8 Å². The van der Waals surface area contributed by atoms with Gasteiger partial charge in [0.2, 0.25) is 0 Å². The maximum absolute atomic E-state index is 13.9. The van der Waals surface area contributed by atoms with E-state index in [9.17, 15) is 18.0 Å². The first-order valence-corrected chi connectivity index (χ1v) is 10.3. The monoisotopic (exact) mass is 429 g/mol. The zero-order valence-electron chi connectivity index (χ0n) is 17.5. The predicted octanol–water partition coefficient (Wildman–Crippen LogP) is 3.84. The summed E-state index contributed by atoms with van der Waals surface area (Å²) >= 11 is 0. The van der Waals surface area contributed by atoms with Crippen LogP contribution < -0.4 is 0 Å². The van der Waals surface area contributed by atoms with Gasteiger partial charge in [-0.1, -0.05) is 0 Å². The van der Waals surface area contributed by atoms with Gasteiger partial charge >= 0.3 is 0 Å². The molecule has 1 fully saturated rings. The normalized spacial score (nSPS) is 20.1. The molecule has 6 nitrogen and oxygen atoms in total.